The zero-order valence-electron chi connectivity index (χ0n) is 24.3. The molecule has 4 aromatic carbocycles. The van der Waals surface area contributed by atoms with Crippen molar-refractivity contribution in [2.75, 3.05) is 13.2 Å². The molecule has 0 radical (unpaired) electrons. The zero-order chi connectivity index (χ0) is 32.6. The standard InChI is InChI=1S/C33H30O12/c1-33(2,18-41-23-6-10-25(11-7-23)44-32(40)27-14-5-22(35)16-29(27)31(38)39)19-42-24-8-12-26(13-9-24)45-43-17-20-3-4-21(34)15-28(20)30(36)37/h3-16,34-35H,17-19H2,1-2H3,(H,36,37)(H,38,39). The zero-order valence-corrected chi connectivity index (χ0v) is 24.3. The van der Waals surface area contributed by atoms with E-state index >= 15 is 0 Å². The van der Waals surface area contributed by atoms with Gasteiger partial charge in [-0.3, -0.25) is 0 Å². The maximum absolute atomic E-state index is 12.5. The summed E-state index contributed by atoms with van der Waals surface area (Å²) in [5.74, 6) is -2.23. The Bertz CT molecular complexity index is 1660. The first-order valence-electron chi connectivity index (χ1n) is 13.5. The maximum Gasteiger partial charge on any atom is 0.344 e. The minimum Gasteiger partial charge on any atom is -0.508 e. The van der Waals surface area contributed by atoms with E-state index in [-0.39, 0.29) is 40.5 Å². The molecule has 0 unspecified atom stereocenters. The van der Waals surface area contributed by atoms with E-state index in [1.807, 2.05) is 13.8 Å². The number of carboxylic acid groups (broad SMARTS) is 2. The summed E-state index contributed by atoms with van der Waals surface area (Å²) in [5, 5.41) is 37.6. The Hall–Kier alpha value is -5.75. The lowest BCUT2D eigenvalue weighted by Crippen LogP contribution is -2.28. The molecule has 0 bridgehead atoms. The molecular formula is C33H30O12. The Morgan fingerprint density at radius 2 is 1.11 bits per heavy atom. The van der Waals surface area contributed by atoms with Crippen LogP contribution in [0.1, 0.15) is 50.5 Å². The number of phenolic OH excluding ortho intramolecular Hbond substituents is 2. The summed E-state index contributed by atoms with van der Waals surface area (Å²) in [7, 11) is 0. The lowest BCUT2D eigenvalue weighted by atomic mass is 9.96. The van der Waals surface area contributed by atoms with Crippen LogP contribution in [0.4, 0.5) is 0 Å². The van der Waals surface area contributed by atoms with Crippen molar-refractivity contribution in [2.24, 2.45) is 5.41 Å². The Morgan fingerprint density at radius 3 is 1.67 bits per heavy atom. The van der Waals surface area contributed by atoms with Gasteiger partial charge in [-0.1, -0.05) is 19.9 Å². The number of aromatic carboxylic acids is 2. The largest absolute Gasteiger partial charge is 0.508 e. The number of carbonyl (C=O) groups is 3. The average molecular weight is 619 g/mol. The van der Waals surface area contributed by atoms with Gasteiger partial charge in [-0.15, -0.1) is 0 Å². The van der Waals surface area contributed by atoms with Crippen molar-refractivity contribution in [2.45, 2.75) is 20.5 Å². The molecule has 0 fully saturated rings. The molecule has 0 aliphatic heterocycles. The van der Waals surface area contributed by atoms with Gasteiger partial charge < -0.3 is 39.5 Å². The second-order valence-corrected chi connectivity index (χ2v) is 10.6. The molecule has 4 N–H and O–H groups in total. The number of esters is 1. The van der Waals surface area contributed by atoms with Crippen molar-refractivity contribution in [3.63, 3.8) is 0 Å². The van der Waals surface area contributed by atoms with Crippen molar-refractivity contribution in [1.29, 1.82) is 0 Å². The third kappa shape index (κ3) is 9.12. The minimum atomic E-state index is -1.37. The van der Waals surface area contributed by atoms with Crippen LogP contribution in [0.5, 0.6) is 34.5 Å². The molecule has 0 amide bonds. The number of carboxylic acids is 2. The fourth-order valence-electron chi connectivity index (χ4n) is 3.89. The molecule has 0 aromatic heterocycles. The van der Waals surface area contributed by atoms with Crippen LogP contribution < -0.4 is 19.1 Å². The normalized spacial score (nSPS) is 11.0. The molecule has 4 aromatic rings. The fourth-order valence-corrected chi connectivity index (χ4v) is 3.89. The smallest absolute Gasteiger partial charge is 0.344 e. The highest BCUT2D eigenvalue weighted by atomic mass is 17.2. The molecule has 0 saturated carbocycles. The second-order valence-electron chi connectivity index (χ2n) is 10.6. The molecule has 45 heavy (non-hydrogen) atoms. The number of hydrogen-bond donors (Lipinski definition) is 4. The molecule has 0 saturated heterocycles. The van der Waals surface area contributed by atoms with E-state index in [1.54, 1.807) is 36.4 Å². The highest BCUT2D eigenvalue weighted by Gasteiger charge is 2.22. The number of rotatable bonds is 14. The number of aromatic hydroxyl groups is 2. The highest BCUT2D eigenvalue weighted by molar-refractivity contribution is 6.03. The van der Waals surface area contributed by atoms with Crippen molar-refractivity contribution in [3.8, 4) is 34.5 Å². The van der Waals surface area contributed by atoms with Gasteiger partial charge in [-0.25, -0.2) is 14.4 Å². The quantitative estimate of drug-likeness (QED) is 0.0587. The molecule has 0 atom stereocenters. The van der Waals surface area contributed by atoms with Gasteiger partial charge in [0.05, 0.1) is 29.9 Å². The number of benzene rings is 4. The molecule has 12 heteroatoms. The molecule has 4 rings (SSSR count). The second kappa shape index (κ2) is 14.1. The van der Waals surface area contributed by atoms with E-state index in [0.717, 1.165) is 12.1 Å². The van der Waals surface area contributed by atoms with Gasteiger partial charge in [0.15, 0.2) is 5.75 Å². The first-order chi connectivity index (χ1) is 21.4. The molecule has 0 aliphatic carbocycles. The summed E-state index contributed by atoms with van der Waals surface area (Å²) in [6.45, 7) is 4.39. The molecule has 0 heterocycles. The van der Waals surface area contributed by atoms with E-state index in [2.05, 4.69) is 0 Å². The molecule has 0 spiro atoms. The van der Waals surface area contributed by atoms with Crippen molar-refractivity contribution in [1.82, 2.24) is 0 Å². The van der Waals surface area contributed by atoms with Crippen LogP contribution in [0.25, 0.3) is 0 Å². The van der Waals surface area contributed by atoms with Gasteiger partial charge >= 0.3 is 17.9 Å². The fraction of sp³-hybridized carbons (Fsp3) is 0.182. The Kier molecular flexibility index (Phi) is 10.1. The van der Waals surface area contributed by atoms with E-state index in [9.17, 15) is 34.8 Å². The predicted octanol–water partition coefficient (Wildman–Crippen LogP) is 5.71. The number of hydrogen-bond acceptors (Lipinski definition) is 10. The topological polar surface area (TPSA) is 178 Å². The van der Waals surface area contributed by atoms with E-state index in [0.29, 0.717) is 36.0 Å². The molecule has 0 aliphatic rings. The Labute approximate surface area is 257 Å². The molecular weight excluding hydrogens is 588 g/mol. The van der Waals surface area contributed by atoms with Crippen molar-refractivity contribution >= 4 is 17.9 Å². The number of ether oxygens (including phenoxy) is 3. The summed E-state index contributed by atoms with van der Waals surface area (Å²) in [6.07, 6.45) is 0. The van der Waals surface area contributed by atoms with Gasteiger partial charge in [0.25, 0.3) is 0 Å². The summed E-state index contributed by atoms with van der Waals surface area (Å²) < 4.78 is 17.1. The predicted molar refractivity (Wildman–Crippen MR) is 158 cm³/mol. The van der Waals surface area contributed by atoms with Crippen LogP contribution in [-0.2, 0) is 11.5 Å². The third-order valence-electron chi connectivity index (χ3n) is 6.26. The minimum absolute atomic E-state index is 0.0870. The van der Waals surface area contributed by atoms with E-state index < -0.39 is 23.3 Å². The van der Waals surface area contributed by atoms with Crippen molar-refractivity contribution in [3.05, 3.63) is 107 Å². The number of carbonyl (C=O) groups excluding carboxylic acids is 1. The van der Waals surface area contributed by atoms with Gasteiger partial charge in [0, 0.05) is 5.41 Å². The lowest BCUT2D eigenvalue weighted by Gasteiger charge is -2.25. The SMILES string of the molecule is CC(C)(COc1ccc(OOCc2ccc(O)cc2C(=O)O)cc1)COc1ccc(OC(=O)c2ccc(O)cc2C(=O)O)cc1. The summed E-state index contributed by atoms with van der Waals surface area (Å²) in [6, 6.07) is 20.2. The number of phenols is 2. The molecule has 234 valence electrons. The summed E-state index contributed by atoms with van der Waals surface area (Å²) in [5.41, 5.74) is -0.717. The van der Waals surface area contributed by atoms with Gasteiger partial charge in [-0.05, 0) is 84.4 Å². The first kappa shape index (κ1) is 32.2. The Morgan fingerprint density at radius 1 is 0.622 bits per heavy atom. The van der Waals surface area contributed by atoms with Crippen LogP contribution in [0.15, 0.2) is 84.9 Å². The average Bonchev–Trinajstić information content (AvgIpc) is 3.01. The van der Waals surface area contributed by atoms with Gasteiger partial charge in [0.2, 0.25) is 0 Å². The lowest BCUT2D eigenvalue weighted by molar-refractivity contribution is -0.217. The van der Waals surface area contributed by atoms with E-state index in [4.69, 9.17) is 24.0 Å². The summed E-state index contributed by atoms with van der Waals surface area (Å²) >= 11 is 0. The summed E-state index contributed by atoms with van der Waals surface area (Å²) in [4.78, 5) is 45.7. The van der Waals surface area contributed by atoms with Gasteiger partial charge in [0.1, 0.15) is 35.4 Å². The van der Waals surface area contributed by atoms with Crippen LogP contribution in [0, 0.1) is 5.41 Å². The van der Waals surface area contributed by atoms with E-state index in [1.165, 1.54) is 36.4 Å². The van der Waals surface area contributed by atoms with Crippen LogP contribution in [-0.4, -0.2) is 51.5 Å². The Balaban J connectivity index is 1.22. The maximum atomic E-state index is 12.5. The molecule has 12 nitrogen and oxygen atoms in total. The van der Waals surface area contributed by atoms with Crippen molar-refractivity contribution < 1.29 is 58.8 Å². The monoisotopic (exact) mass is 618 g/mol. The first-order valence-corrected chi connectivity index (χ1v) is 13.5. The van der Waals surface area contributed by atoms with Crippen LogP contribution in [0.3, 0.4) is 0 Å². The van der Waals surface area contributed by atoms with Gasteiger partial charge in [-0.2, -0.15) is 4.89 Å². The van der Waals surface area contributed by atoms with Crippen LogP contribution in [0.2, 0.25) is 0 Å². The van der Waals surface area contributed by atoms with Crippen LogP contribution >= 0.6 is 0 Å². The highest BCUT2D eigenvalue weighted by Crippen LogP contribution is 2.26. The third-order valence-corrected chi connectivity index (χ3v) is 6.26.